The van der Waals surface area contributed by atoms with Gasteiger partial charge in [-0.25, -0.2) is 0 Å². The van der Waals surface area contributed by atoms with E-state index in [1.54, 1.807) is 0 Å². The molecule has 0 atom stereocenters. The highest BCUT2D eigenvalue weighted by Crippen LogP contribution is 2.36. The molecule has 5 heteroatoms. The lowest BCUT2D eigenvalue weighted by Crippen LogP contribution is -2.12. The minimum Gasteiger partial charge on any atom is -0.195 e. The van der Waals surface area contributed by atoms with E-state index < -0.39 is 10.1 Å². The molecule has 114 valence electrons. The maximum Gasteiger partial charge on any atom is 0.306 e. The van der Waals surface area contributed by atoms with Crippen LogP contribution < -0.4 is 0 Å². The molecule has 1 aromatic rings. The van der Waals surface area contributed by atoms with Gasteiger partial charge in [0.05, 0.1) is 0 Å². The van der Waals surface area contributed by atoms with Crippen LogP contribution in [0.25, 0.3) is 0 Å². The molecular weight excluding hydrogens is 387 g/mol. The maximum atomic E-state index is 12.3. The van der Waals surface area contributed by atoms with Gasteiger partial charge in [-0.1, -0.05) is 53.7 Å². The van der Waals surface area contributed by atoms with Crippen LogP contribution >= 0.6 is 23.0 Å². The Morgan fingerprint density at radius 3 is 1.55 bits per heavy atom. The summed E-state index contributed by atoms with van der Waals surface area (Å²) in [5, 5.41) is 0. The van der Waals surface area contributed by atoms with Crippen molar-refractivity contribution in [3.8, 4) is 0 Å². The highest BCUT2D eigenvalue weighted by Gasteiger charge is 2.27. The Kier molecular flexibility index (Phi) is 6.04. The topological polar surface area (TPSA) is 43.4 Å². The molecule has 0 aromatic heterocycles. The summed E-state index contributed by atoms with van der Waals surface area (Å²) in [7, 11) is -3.71. The fraction of sp³-hybridized carbons (Fsp3) is 0.600. The Morgan fingerprint density at radius 2 is 1.30 bits per heavy atom. The van der Waals surface area contributed by atoms with Crippen LogP contribution in [0.5, 0.6) is 0 Å². The Bertz CT molecular complexity index is 546. The van der Waals surface area contributed by atoms with Gasteiger partial charge in [0.25, 0.3) is 0 Å². The Morgan fingerprint density at radius 1 is 0.900 bits per heavy atom. The molecule has 0 spiro atoms. The van der Waals surface area contributed by atoms with Crippen molar-refractivity contribution in [2.45, 2.75) is 64.2 Å². The molecule has 0 aliphatic rings. The zero-order chi connectivity index (χ0) is 15.7. The highest BCUT2D eigenvalue weighted by molar-refractivity contribution is 14.1. The van der Waals surface area contributed by atoms with Gasteiger partial charge in [-0.05, 0) is 34.4 Å². The zero-order valence-electron chi connectivity index (χ0n) is 12.9. The first-order valence-corrected chi connectivity index (χ1v) is 9.13. The molecule has 0 aliphatic heterocycles. The monoisotopic (exact) mass is 410 g/mol. The van der Waals surface area contributed by atoms with E-state index in [1.165, 1.54) is 28.6 Å². The Hall–Kier alpha value is -0.140. The minimum atomic E-state index is -3.71. The Balaban J connectivity index is 3.78. The molecule has 0 saturated carbocycles. The molecule has 0 aliphatic carbocycles. The van der Waals surface area contributed by atoms with Crippen molar-refractivity contribution < 1.29 is 10.9 Å². The lowest BCUT2D eigenvalue weighted by molar-refractivity contribution is 0.531. The molecule has 1 rings (SSSR count). The van der Waals surface area contributed by atoms with Gasteiger partial charge in [0, 0.05) is 0 Å². The molecule has 0 heterocycles. The molecule has 0 fully saturated rings. The third kappa shape index (κ3) is 3.74. The van der Waals surface area contributed by atoms with E-state index in [0.29, 0.717) is 10.8 Å². The predicted octanol–water partition coefficient (Wildman–Crippen LogP) is 5.11. The summed E-state index contributed by atoms with van der Waals surface area (Å²) in [6.07, 6.45) is 0. The number of halogens is 1. The number of hydrogen-bond donors (Lipinski definition) is 0. The van der Waals surface area contributed by atoms with Crippen LogP contribution in [-0.4, -0.2) is 8.42 Å². The smallest absolute Gasteiger partial charge is 0.195 e. The first-order valence-electron chi connectivity index (χ1n) is 6.84. The fourth-order valence-corrected chi connectivity index (χ4v) is 3.98. The summed E-state index contributed by atoms with van der Waals surface area (Å²) in [5.74, 6) is 0.618. The van der Waals surface area contributed by atoms with Crippen molar-refractivity contribution in [2.24, 2.45) is 0 Å². The third-order valence-electron chi connectivity index (χ3n) is 3.41. The van der Waals surface area contributed by atoms with Crippen LogP contribution in [0, 0.1) is 0 Å². The SMILES string of the molecule is CC(C)c1cc(C(C)C)c(S(=O)(=O)OI)c(C(C)C)c1. The number of hydrogen-bond acceptors (Lipinski definition) is 3. The quantitative estimate of drug-likeness (QED) is 0.634. The van der Waals surface area contributed by atoms with Gasteiger partial charge in [0.1, 0.15) is 27.9 Å². The molecule has 1 aromatic carbocycles. The van der Waals surface area contributed by atoms with Crippen molar-refractivity contribution in [1.29, 1.82) is 0 Å². The van der Waals surface area contributed by atoms with Crippen molar-refractivity contribution in [3.63, 3.8) is 0 Å². The average molecular weight is 410 g/mol. The summed E-state index contributed by atoms with van der Waals surface area (Å²) in [5.41, 5.74) is 2.86. The van der Waals surface area contributed by atoms with E-state index in [-0.39, 0.29) is 11.8 Å². The van der Waals surface area contributed by atoms with Gasteiger partial charge in [-0.2, -0.15) is 10.9 Å². The van der Waals surface area contributed by atoms with Crippen LogP contribution in [-0.2, 0) is 12.6 Å². The van der Waals surface area contributed by atoms with Crippen molar-refractivity contribution in [3.05, 3.63) is 28.8 Å². The van der Waals surface area contributed by atoms with Crippen LogP contribution in [0.3, 0.4) is 0 Å². The van der Waals surface area contributed by atoms with Crippen LogP contribution in [0.1, 0.15) is 76.0 Å². The third-order valence-corrected chi connectivity index (χ3v) is 5.97. The number of benzene rings is 1. The Labute approximate surface area is 136 Å². The summed E-state index contributed by atoms with van der Waals surface area (Å²) in [6.45, 7) is 12.3. The van der Waals surface area contributed by atoms with Gasteiger partial charge in [-0.3, -0.25) is 0 Å². The van der Waals surface area contributed by atoms with Crippen molar-refractivity contribution in [1.82, 2.24) is 0 Å². The molecule has 0 unspecified atom stereocenters. The van der Waals surface area contributed by atoms with E-state index in [2.05, 4.69) is 13.8 Å². The second-order valence-corrected chi connectivity index (χ2v) is 8.53. The number of rotatable bonds is 5. The van der Waals surface area contributed by atoms with Crippen molar-refractivity contribution in [2.75, 3.05) is 0 Å². The molecule has 0 radical (unpaired) electrons. The van der Waals surface area contributed by atoms with Gasteiger partial charge < -0.3 is 0 Å². The van der Waals surface area contributed by atoms with E-state index in [0.717, 1.165) is 11.1 Å². The zero-order valence-corrected chi connectivity index (χ0v) is 15.9. The maximum absolute atomic E-state index is 12.3. The molecule has 0 N–H and O–H groups in total. The van der Waals surface area contributed by atoms with E-state index in [9.17, 15) is 8.42 Å². The van der Waals surface area contributed by atoms with Gasteiger partial charge in [-0.15, -0.1) is 0 Å². The fourth-order valence-electron chi connectivity index (χ4n) is 2.21. The van der Waals surface area contributed by atoms with Gasteiger partial charge >= 0.3 is 10.1 Å². The summed E-state index contributed by atoms with van der Waals surface area (Å²) in [6, 6.07) is 4.01. The van der Waals surface area contributed by atoms with Gasteiger partial charge in [0.2, 0.25) is 0 Å². The standard InChI is InChI=1S/C15H23IO3S/c1-9(2)12-7-13(10(3)4)15(20(17,18)19-16)14(8-12)11(5)6/h7-11H,1-6H3. The highest BCUT2D eigenvalue weighted by atomic mass is 127. The molecule has 20 heavy (non-hydrogen) atoms. The predicted molar refractivity (Wildman–Crippen MR) is 91.0 cm³/mol. The first kappa shape index (κ1) is 17.9. The summed E-state index contributed by atoms with van der Waals surface area (Å²) in [4.78, 5) is 0.348. The second-order valence-electron chi connectivity index (χ2n) is 6.01. The molecule has 0 bridgehead atoms. The molecule has 0 amide bonds. The van der Waals surface area contributed by atoms with E-state index >= 15 is 0 Å². The van der Waals surface area contributed by atoms with Crippen molar-refractivity contribution >= 4 is 33.1 Å². The average Bonchev–Trinajstić information content (AvgIpc) is 2.36. The summed E-state index contributed by atoms with van der Waals surface area (Å²) >= 11 is 1.45. The van der Waals surface area contributed by atoms with Crippen LogP contribution in [0.15, 0.2) is 17.0 Å². The summed E-state index contributed by atoms with van der Waals surface area (Å²) < 4.78 is 29.4. The minimum absolute atomic E-state index is 0.127. The van der Waals surface area contributed by atoms with Crippen LogP contribution in [0.2, 0.25) is 0 Å². The molecule has 0 saturated heterocycles. The second kappa shape index (κ2) is 6.75. The molecular formula is C15H23IO3S. The normalized spacial score (nSPS) is 12.7. The lowest BCUT2D eigenvalue weighted by atomic mass is 9.89. The largest absolute Gasteiger partial charge is 0.306 e. The van der Waals surface area contributed by atoms with Gasteiger partial charge in [0.15, 0.2) is 0 Å². The van der Waals surface area contributed by atoms with E-state index in [1.807, 2.05) is 39.8 Å². The van der Waals surface area contributed by atoms with Crippen LogP contribution in [0.4, 0.5) is 0 Å². The van der Waals surface area contributed by atoms with E-state index in [4.69, 9.17) is 2.51 Å². The molecule has 3 nitrogen and oxygen atoms in total. The lowest BCUT2D eigenvalue weighted by Gasteiger charge is -2.21. The first-order chi connectivity index (χ1) is 9.11.